The highest BCUT2D eigenvalue weighted by molar-refractivity contribution is 5.87. The van der Waals surface area contributed by atoms with E-state index in [-0.39, 0.29) is 29.9 Å². The number of amides is 2. The number of hydrogen-bond donors (Lipinski definition) is 1. The molecule has 0 bridgehead atoms. The Morgan fingerprint density at radius 3 is 2.48 bits per heavy atom. The predicted molar refractivity (Wildman–Crippen MR) is 78.5 cm³/mol. The van der Waals surface area contributed by atoms with E-state index in [4.69, 9.17) is 0 Å². The average molecular weight is 294 g/mol. The van der Waals surface area contributed by atoms with Gasteiger partial charge < -0.3 is 14.9 Å². The van der Waals surface area contributed by atoms with Crippen molar-refractivity contribution >= 4 is 11.8 Å². The van der Waals surface area contributed by atoms with Crippen molar-refractivity contribution in [2.45, 2.75) is 50.5 Å². The average Bonchev–Trinajstić information content (AvgIpc) is 2.49. The van der Waals surface area contributed by atoms with E-state index in [0.717, 1.165) is 45.1 Å². The maximum Gasteiger partial charge on any atom is 0.226 e. The van der Waals surface area contributed by atoms with Gasteiger partial charge in [-0.2, -0.15) is 0 Å². The first-order valence-corrected chi connectivity index (χ1v) is 8.22. The molecule has 118 valence electrons. The van der Waals surface area contributed by atoms with Crippen LogP contribution >= 0.6 is 0 Å². The van der Waals surface area contributed by atoms with Crippen molar-refractivity contribution in [1.82, 2.24) is 9.80 Å². The molecule has 2 amide bonds. The molecule has 1 spiro atoms. The molecule has 5 heteroatoms. The number of rotatable bonds is 2. The fraction of sp³-hybridized carbons (Fsp3) is 0.875. The molecule has 2 saturated heterocycles. The van der Waals surface area contributed by atoms with Gasteiger partial charge in [0.2, 0.25) is 11.8 Å². The van der Waals surface area contributed by atoms with Crippen molar-refractivity contribution in [3.05, 3.63) is 0 Å². The molecule has 3 fully saturated rings. The first-order valence-electron chi connectivity index (χ1n) is 8.22. The standard InChI is InChI=1S/C16H26N2O3/c1-17-8-4-13(10-14(17)20)15(21)18-9-7-16(18)5-2-12(11-19)3-6-16/h12-13,19H,2-11H2,1H3. The zero-order valence-corrected chi connectivity index (χ0v) is 12.9. The van der Waals surface area contributed by atoms with Crippen molar-refractivity contribution in [2.75, 3.05) is 26.7 Å². The fourth-order valence-corrected chi connectivity index (χ4v) is 4.18. The summed E-state index contributed by atoms with van der Waals surface area (Å²) < 4.78 is 0. The second-order valence-corrected chi connectivity index (χ2v) is 7.10. The van der Waals surface area contributed by atoms with Crippen LogP contribution in [0.1, 0.15) is 44.9 Å². The SMILES string of the molecule is CN1CCC(C(=O)N2CCC23CCC(CO)CC3)CC1=O. The summed E-state index contributed by atoms with van der Waals surface area (Å²) >= 11 is 0. The summed E-state index contributed by atoms with van der Waals surface area (Å²) in [6, 6.07) is 0. The Hall–Kier alpha value is -1.10. The summed E-state index contributed by atoms with van der Waals surface area (Å²) in [5.41, 5.74) is 0.0507. The van der Waals surface area contributed by atoms with Crippen LogP contribution < -0.4 is 0 Å². The number of hydrogen-bond acceptors (Lipinski definition) is 3. The van der Waals surface area contributed by atoms with E-state index < -0.39 is 0 Å². The topological polar surface area (TPSA) is 60.9 Å². The Morgan fingerprint density at radius 1 is 1.24 bits per heavy atom. The molecule has 1 saturated carbocycles. The second-order valence-electron chi connectivity index (χ2n) is 7.10. The van der Waals surface area contributed by atoms with Crippen molar-refractivity contribution in [1.29, 1.82) is 0 Å². The third-order valence-electron chi connectivity index (χ3n) is 5.94. The van der Waals surface area contributed by atoms with Crippen molar-refractivity contribution < 1.29 is 14.7 Å². The van der Waals surface area contributed by atoms with Gasteiger partial charge in [0.15, 0.2) is 0 Å². The Labute approximate surface area is 126 Å². The Morgan fingerprint density at radius 2 is 1.95 bits per heavy atom. The van der Waals surface area contributed by atoms with Gasteiger partial charge in [0.1, 0.15) is 0 Å². The lowest BCUT2D eigenvalue weighted by Crippen LogP contribution is -2.65. The highest BCUT2D eigenvalue weighted by Gasteiger charge is 2.50. The molecule has 3 rings (SSSR count). The lowest BCUT2D eigenvalue weighted by Gasteiger charge is -2.57. The quantitative estimate of drug-likeness (QED) is 0.827. The lowest BCUT2D eigenvalue weighted by molar-refractivity contribution is -0.160. The monoisotopic (exact) mass is 294 g/mol. The number of likely N-dealkylation sites (tertiary alicyclic amines) is 2. The Bertz CT molecular complexity index is 429. The largest absolute Gasteiger partial charge is 0.396 e. The maximum atomic E-state index is 12.8. The van der Waals surface area contributed by atoms with Gasteiger partial charge in [0, 0.05) is 44.6 Å². The molecular formula is C16H26N2O3. The highest BCUT2D eigenvalue weighted by atomic mass is 16.3. The van der Waals surface area contributed by atoms with Crippen molar-refractivity contribution in [3.8, 4) is 0 Å². The number of nitrogens with zero attached hydrogens (tertiary/aromatic N) is 2. The fourth-order valence-electron chi connectivity index (χ4n) is 4.18. The summed E-state index contributed by atoms with van der Waals surface area (Å²) in [6.07, 6.45) is 6.35. The molecule has 1 aliphatic carbocycles. The first-order chi connectivity index (χ1) is 10.1. The molecule has 2 heterocycles. The van der Waals surface area contributed by atoms with Crippen molar-refractivity contribution in [3.63, 3.8) is 0 Å². The van der Waals surface area contributed by atoms with E-state index in [1.165, 1.54) is 0 Å². The number of aliphatic hydroxyl groups is 1. The van der Waals surface area contributed by atoms with E-state index in [0.29, 0.717) is 18.9 Å². The molecule has 21 heavy (non-hydrogen) atoms. The molecular weight excluding hydrogens is 268 g/mol. The number of carbonyl (C=O) groups is 2. The molecule has 0 aromatic heterocycles. The molecule has 1 unspecified atom stereocenters. The number of carbonyl (C=O) groups excluding carboxylic acids is 2. The van der Waals surface area contributed by atoms with Crippen LogP contribution in [-0.4, -0.2) is 59.0 Å². The van der Waals surface area contributed by atoms with Crippen LogP contribution in [0.5, 0.6) is 0 Å². The van der Waals surface area contributed by atoms with Gasteiger partial charge in [-0.15, -0.1) is 0 Å². The van der Waals surface area contributed by atoms with Crippen LogP contribution in [0.25, 0.3) is 0 Å². The molecule has 0 aromatic rings. The first kappa shape index (κ1) is 14.8. The molecule has 1 atom stereocenters. The minimum absolute atomic E-state index is 0.0507. The van der Waals surface area contributed by atoms with E-state index in [1.54, 1.807) is 4.90 Å². The minimum atomic E-state index is -0.110. The van der Waals surface area contributed by atoms with Gasteiger partial charge in [0.05, 0.1) is 0 Å². The van der Waals surface area contributed by atoms with Crippen LogP contribution in [0.4, 0.5) is 0 Å². The maximum absolute atomic E-state index is 12.8. The number of piperidine rings is 1. The van der Waals surface area contributed by atoms with Gasteiger partial charge >= 0.3 is 0 Å². The molecule has 2 aliphatic heterocycles. The van der Waals surface area contributed by atoms with E-state index in [9.17, 15) is 14.7 Å². The molecule has 0 aromatic carbocycles. The van der Waals surface area contributed by atoms with E-state index in [2.05, 4.69) is 4.90 Å². The summed E-state index contributed by atoms with van der Waals surface area (Å²) in [5, 5.41) is 9.26. The van der Waals surface area contributed by atoms with Crippen LogP contribution in [0.15, 0.2) is 0 Å². The summed E-state index contributed by atoms with van der Waals surface area (Å²) in [5.74, 6) is 0.600. The minimum Gasteiger partial charge on any atom is -0.396 e. The summed E-state index contributed by atoms with van der Waals surface area (Å²) in [7, 11) is 1.81. The van der Waals surface area contributed by atoms with Gasteiger partial charge in [-0.25, -0.2) is 0 Å². The van der Waals surface area contributed by atoms with Gasteiger partial charge in [-0.05, 0) is 44.4 Å². The zero-order valence-electron chi connectivity index (χ0n) is 12.9. The molecule has 5 nitrogen and oxygen atoms in total. The Kier molecular flexibility index (Phi) is 3.95. The van der Waals surface area contributed by atoms with Gasteiger partial charge in [-0.1, -0.05) is 0 Å². The second kappa shape index (κ2) is 5.59. The highest BCUT2D eigenvalue weighted by Crippen LogP contribution is 2.45. The number of aliphatic hydroxyl groups excluding tert-OH is 1. The normalized spacial score (nSPS) is 36.8. The van der Waals surface area contributed by atoms with Crippen LogP contribution in [0.3, 0.4) is 0 Å². The smallest absolute Gasteiger partial charge is 0.226 e. The van der Waals surface area contributed by atoms with E-state index >= 15 is 0 Å². The third kappa shape index (κ3) is 2.56. The third-order valence-corrected chi connectivity index (χ3v) is 5.94. The summed E-state index contributed by atoms with van der Waals surface area (Å²) in [6.45, 7) is 1.82. The lowest BCUT2D eigenvalue weighted by atomic mass is 9.69. The predicted octanol–water partition coefficient (Wildman–Crippen LogP) is 1.01. The van der Waals surface area contributed by atoms with E-state index in [1.807, 2.05) is 7.05 Å². The van der Waals surface area contributed by atoms with Crippen LogP contribution in [0.2, 0.25) is 0 Å². The Balaban J connectivity index is 1.62. The molecule has 3 aliphatic rings. The van der Waals surface area contributed by atoms with Crippen molar-refractivity contribution in [2.24, 2.45) is 11.8 Å². The van der Waals surface area contributed by atoms with Gasteiger partial charge in [0.25, 0.3) is 0 Å². The van der Waals surface area contributed by atoms with Crippen LogP contribution in [0, 0.1) is 11.8 Å². The van der Waals surface area contributed by atoms with Crippen LogP contribution in [-0.2, 0) is 9.59 Å². The molecule has 1 N–H and O–H groups in total. The molecule has 0 radical (unpaired) electrons. The zero-order chi connectivity index (χ0) is 15.0. The summed E-state index contributed by atoms with van der Waals surface area (Å²) in [4.78, 5) is 28.4. The van der Waals surface area contributed by atoms with Gasteiger partial charge in [-0.3, -0.25) is 9.59 Å².